The normalized spacial score (nSPS) is 16.4. The first kappa shape index (κ1) is 96.4. The van der Waals surface area contributed by atoms with E-state index in [0.717, 1.165) is 159 Å². The Morgan fingerprint density at radius 3 is 1.16 bits per heavy atom. The Labute approximate surface area is 790 Å². The Balaban J connectivity index is 0.000000141. The summed E-state index contributed by atoms with van der Waals surface area (Å²) in [5, 5.41) is 43.4. The van der Waals surface area contributed by atoms with Gasteiger partial charge in [-0.25, -0.2) is 19.9 Å². The first-order chi connectivity index (χ1) is 61.2. The standard InChI is InChI=1S/C24H25ClN2O2.C19H18ClP.C17H18BrClN2O2.C17H16BrClN2O.C17H17BrN2O2.C7H9BO2/c1-16-6-5-12-26-24(16)29-19-11-13-27(15-19)23-10-9-18(14-21(23)17(2)28)20-7-3-4-8-22(20)25;1-21(20,17-11-5-2-6-12-17,18-13-7-3-8-14-18)19-15-9-4-10-16-19;1-11(22)14-9-12(18)4-5-16(14)21-8-6-13(10-21)23-17-15(19)3-2-7-20-17;1-2-12-10-13(18)5-6-16(12)21-9-7-14(11-21)22-17-15(19)4-3-8-20-17;1-12-3-2-7-19-17(12)22-15-6-8-20(10-15)16-5-4-14(18)9-13(16)11-21;1-6-4-2-3-5-7(6)8(9)10/h3-10,12,14,17,19,28H,11,13,15H2,1-2H3;2-16H,1H3;2-5,7,9,11,13,22H,6,8,10H2,1H3;2-6,8,10,14H,1,7,9,11H2;2-5,7,9,11,15H,6,8,10H2,1H3;2-5,9-10H,1H3/t17?,19-;;11?,13-;14-;15-;/m0.000./s1. The van der Waals surface area contributed by atoms with E-state index < -0.39 is 25.3 Å². The maximum atomic E-state index is 11.3. The fourth-order valence-electron chi connectivity index (χ4n) is 15.7. The number of halogens is 7. The molecule has 0 spiro atoms. The number of benzene rings is 9. The largest absolute Gasteiger partial charge is 0.488 e. The average molecular weight is 2000 g/mol. The Morgan fingerprint density at radius 2 is 0.764 bits per heavy atom. The van der Waals surface area contributed by atoms with Crippen LogP contribution < -0.4 is 59.9 Å². The number of aromatic nitrogens is 4. The van der Waals surface area contributed by atoms with Crippen LogP contribution in [0.15, 0.2) is 306 Å². The predicted molar refractivity (Wildman–Crippen MR) is 535 cm³/mol. The Bertz CT molecular complexity index is 5590. The van der Waals surface area contributed by atoms with Gasteiger partial charge in [0.05, 0.1) is 38.4 Å². The van der Waals surface area contributed by atoms with Crippen LogP contribution in [0.1, 0.15) is 95.5 Å². The minimum absolute atomic E-state index is 0.0351. The van der Waals surface area contributed by atoms with Crippen molar-refractivity contribution >= 4 is 163 Å². The number of aryl methyl sites for hydroxylation is 3. The molecular formula is C101H103BBr3Cl4N8O9P. The number of nitrogens with zero attached hydrogens (tertiary/aromatic N) is 8. The molecule has 0 amide bonds. The van der Waals surface area contributed by atoms with E-state index in [2.05, 4.69) is 198 Å². The van der Waals surface area contributed by atoms with E-state index in [9.17, 15) is 15.0 Å². The molecule has 0 aliphatic carbocycles. The molecule has 4 aliphatic rings. The third kappa shape index (κ3) is 25.5. The molecule has 13 aromatic rings. The van der Waals surface area contributed by atoms with Gasteiger partial charge in [0, 0.05) is 151 Å². The summed E-state index contributed by atoms with van der Waals surface area (Å²) in [5.74, 6) is -0.520. The average Bonchev–Trinajstić information content (AvgIpc) is 0.881. The van der Waals surface area contributed by atoms with Gasteiger partial charge in [-0.2, -0.15) is 0 Å². The number of aldehydes is 1. The Hall–Kier alpha value is -9.68. The molecule has 8 heterocycles. The van der Waals surface area contributed by atoms with Crippen LogP contribution in [0.25, 0.3) is 17.2 Å². The summed E-state index contributed by atoms with van der Waals surface area (Å²) in [6.07, 6.45) is 12.5. The zero-order valence-corrected chi connectivity index (χ0v) is 80.2. The maximum Gasteiger partial charge on any atom is 0.488 e. The van der Waals surface area contributed by atoms with Gasteiger partial charge in [-0.05, 0) is 160 Å². The topological polar surface area (TPSA) is 199 Å². The van der Waals surface area contributed by atoms with E-state index in [0.29, 0.717) is 49.6 Å². The second-order valence-electron chi connectivity index (χ2n) is 31.4. The second-order valence-corrected chi connectivity index (χ2v) is 42.3. The maximum absolute atomic E-state index is 11.3. The van der Waals surface area contributed by atoms with Crippen molar-refractivity contribution in [3.05, 3.63) is 360 Å². The summed E-state index contributed by atoms with van der Waals surface area (Å²) in [6, 6.07) is 85.5. The molecule has 4 saturated heterocycles. The van der Waals surface area contributed by atoms with Crippen LogP contribution in [-0.2, 0) is 0 Å². The van der Waals surface area contributed by atoms with Crippen molar-refractivity contribution in [3.8, 4) is 34.6 Å². The van der Waals surface area contributed by atoms with Crippen molar-refractivity contribution < 1.29 is 44.0 Å². The summed E-state index contributed by atoms with van der Waals surface area (Å²) in [6.45, 7) is 22.2. The number of aliphatic hydroxyl groups excluding tert-OH is 2. The fraction of sp³-hybridized carbons (Fsp3) is 0.238. The SMILES string of the molecule is C=Cc1cc(Br)ccc1N1CC[C@H](Oc2ncccc2Cl)C1.CC(O)c1cc(Br)ccc1N1CC[C@H](Oc2ncccc2Cl)C1.CP(Cl)(c1ccccc1)(c1ccccc1)c1ccccc1.Cc1ccccc1B(O)O.Cc1cccnc1O[C@H]1CCN(c2ccc(-c3ccccc3Cl)cc2C(C)O)C1.Cc1cccnc1O[C@H]1CCN(c2ccc(Br)cc2C=O)C1. The molecule has 9 aromatic carbocycles. The van der Waals surface area contributed by atoms with Gasteiger partial charge in [-0.15, -0.1) is 0 Å². The Morgan fingerprint density at radius 1 is 0.425 bits per heavy atom. The van der Waals surface area contributed by atoms with Gasteiger partial charge in [0.25, 0.3) is 0 Å². The van der Waals surface area contributed by atoms with E-state index in [1.54, 1.807) is 75.0 Å². The molecule has 17 nitrogen and oxygen atoms in total. The molecule has 4 aliphatic heterocycles. The van der Waals surface area contributed by atoms with Gasteiger partial charge in [-0.3, -0.25) is 4.79 Å². The van der Waals surface area contributed by atoms with Gasteiger partial charge < -0.3 is 58.8 Å². The van der Waals surface area contributed by atoms with Gasteiger partial charge in [0.1, 0.15) is 34.5 Å². The molecule has 26 heteroatoms. The predicted octanol–water partition coefficient (Wildman–Crippen LogP) is 22.0. The summed E-state index contributed by atoms with van der Waals surface area (Å²) in [4.78, 5) is 37.3. The molecule has 4 aromatic heterocycles. The monoisotopic (exact) mass is 1990 g/mol. The van der Waals surface area contributed by atoms with E-state index in [4.69, 9.17) is 75.0 Å². The van der Waals surface area contributed by atoms with Crippen molar-refractivity contribution in [2.45, 2.75) is 96.9 Å². The third-order valence-electron chi connectivity index (χ3n) is 22.4. The fourth-order valence-corrected chi connectivity index (χ4v) is 21.9. The second kappa shape index (κ2) is 46.0. The van der Waals surface area contributed by atoms with Gasteiger partial charge in [0.15, 0.2) is 6.29 Å². The minimum Gasteiger partial charge on any atom is -0.472 e. The number of aliphatic hydroxyl groups is 2. The summed E-state index contributed by atoms with van der Waals surface area (Å²) >= 11 is 36.4. The number of pyridine rings is 4. The van der Waals surface area contributed by atoms with Crippen molar-refractivity contribution in [1.82, 2.24) is 19.9 Å². The molecule has 127 heavy (non-hydrogen) atoms. The van der Waals surface area contributed by atoms with Crippen LogP contribution in [0.3, 0.4) is 0 Å². The quantitative estimate of drug-likeness (QED) is 0.0300. The number of hydrogen-bond acceptors (Lipinski definition) is 17. The molecule has 0 radical (unpaired) electrons. The summed E-state index contributed by atoms with van der Waals surface area (Å²) in [7, 11) is -1.35. The van der Waals surface area contributed by atoms with Crippen LogP contribution in [0, 0.1) is 20.8 Å². The van der Waals surface area contributed by atoms with Crippen LogP contribution in [0.2, 0.25) is 15.1 Å². The van der Waals surface area contributed by atoms with Crippen LogP contribution in [0.4, 0.5) is 22.7 Å². The summed E-state index contributed by atoms with van der Waals surface area (Å²) in [5.41, 5.74) is 13.4. The first-order valence-electron chi connectivity index (χ1n) is 42.0. The number of anilines is 4. The van der Waals surface area contributed by atoms with E-state index in [1.165, 1.54) is 21.6 Å². The zero-order valence-electron chi connectivity index (χ0n) is 71.5. The minimum atomic E-state index is -2.90. The Kier molecular flexibility index (Phi) is 34.9. The number of hydrogen-bond donors (Lipinski definition) is 4. The van der Waals surface area contributed by atoms with E-state index in [1.807, 2.05) is 154 Å². The summed E-state index contributed by atoms with van der Waals surface area (Å²) < 4.78 is 26.9. The van der Waals surface area contributed by atoms with Crippen molar-refractivity contribution in [3.63, 3.8) is 0 Å². The third-order valence-corrected chi connectivity index (χ3v) is 31.2. The van der Waals surface area contributed by atoms with Crippen molar-refractivity contribution in [2.24, 2.45) is 0 Å². The molecular weight excluding hydrogens is 1890 g/mol. The number of ether oxygens (including phenoxy) is 4. The van der Waals surface area contributed by atoms with Crippen LogP contribution >= 0.6 is 99.8 Å². The van der Waals surface area contributed by atoms with Gasteiger partial charge >= 0.3 is 138 Å². The molecule has 17 rings (SSSR count). The zero-order chi connectivity index (χ0) is 90.2. The van der Waals surface area contributed by atoms with Gasteiger partial charge in [0.2, 0.25) is 23.5 Å². The molecule has 0 bridgehead atoms. The molecule has 6 atom stereocenters. The molecule has 658 valence electrons. The molecule has 4 N–H and O–H groups in total. The molecule has 4 fully saturated rings. The van der Waals surface area contributed by atoms with E-state index in [-0.39, 0.29) is 24.4 Å². The number of carbonyl (C=O) groups excluding carboxylic acids is 1. The van der Waals surface area contributed by atoms with Crippen LogP contribution in [0.5, 0.6) is 23.5 Å². The van der Waals surface area contributed by atoms with Crippen molar-refractivity contribution in [2.75, 3.05) is 78.6 Å². The van der Waals surface area contributed by atoms with Crippen LogP contribution in [-0.4, -0.2) is 137 Å². The smallest absolute Gasteiger partial charge is 0.472 e. The first-order valence-corrected chi connectivity index (χ1v) is 49.1. The number of carbonyl (C=O) groups is 1. The molecule has 2 unspecified atom stereocenters. The van der Waals surface area contributed by atoms with E-state index >= 15 is 0 Å². The van der Waals surface area contributed by atoms with Crippen molar-refractivity contribution in [1.29, 1.82) is 0 Å². The van der Waals surface area contributed by atoms with Gasteiger partial charge in [-0.1, -0.05) is 161 Å². The molecule has 0 saturated carbocycles. The number of rotatable bonds is 21.